The van der Waals surface area contributed by atoms with Crippen LogP contribution >= 0.6 is 11.3 Å². The van der Waals surface area contributed by atoms with Gasteiger partial charge in [-0.1, -0.05) is 6.07 Å². The Bertz CT molecular complexity index is 537. The van der Waals surface area contributed by atoms with Crippen LogP contribution in [0.5, 0.6) is 0 Å². The normalized spacial score (nSPS) is 11.0. The van der Waals surface area contributed by atoms with Crippen LogP contribution < -0.4 is 5.46 Å². The van der Waals surface area contributed by atoms with Crippen LogP contribution in [0.4, 0.5) is 4.39 Å². The SMILES string of the molecule is CN(Cc1cc(F)cc(B(O)O)c1)Cc1cscn1. The van der Waals surface area contributed by atoms with E-state index >= 15 is 0 Å². The number of hydrogen-bond acceptors (Lipinski definition) is 5. The molecule has 0 saturated heterocycles. The fourth-order valence-electron chi connectivity index (χ4n) is 1.88. The molecule has 0 radical (unpaired) electrons. The number of thiazole rings is 1. The molecule has 0 spiro atoms. The lowest BCUT2D eigenvalue weighted by atomic mass is 9.79. The Morgan fingerprint density at radius 2 is 2.11 bits per heavy atom. The zero-order chi connectivity index (χ0) is 13.8. The summed E-state index contributed by atoms with van der Waals surface area (Å²) in [5.74, 6) is -0.470. The zero-order valence-electron chi connectivity index (χ0n) is 10.5. The molecule has 0 aliphatic heterocycles. The van der Waals surface area contributed by atoms with Crippen molar-refractivity contribution < 1.29 is 14.4 Å². The molecule has 0 aliphatic rings. The third-order valence-corrected chi connectivity index (χ3v) is 3.28. The van der Waals surface area contributed by atoms with Crippen molar-refractivity contribution in [3.63, 3.8) is 0 Å². The van der Waals surface area contributed by atoms with Crippen LogP contribution in [0, 0.1) is 5.82 Å². The first-order chi connectivity index (χ1) is 9.04. The smallest absolute Gasteiger partial charge is 0.423 e. The van der Waals surface area contributed by atoms with E-state index in [2.05, 4.69) is 4.98 Å². The number of rotatable bonds is 5. The third kappa shape index (κ3) is 4.10. The van der Waals surface area contributed by atoms with Gasteiger partial charge in [0.15, 0.2) is 0 Å². The van der Waals surface area contributed by atoms with E-state index in [0.29, 0.717) is 18.7 Å². The van der Waals surface area contributed by atoms with E-state index in [-0.39, 0.29) is 5.46 Å². The summed E-state index contributed by atoms with van der Waals surface area (Å²) in [7, 11) is 0.248. The second-order valence-electron chi connectivity index (χ2n) is 4.42. The van der Waals surface area contributed by atoms with Crippen molar-refractivity contribution in [1.82, 2.24) is 9.88 Å². The minimum Gasteiger partial charge on any atom is -0.423 e. The molecule has 1 aromatic carbocycles. The van der Waals surface area contributed by atoms with Crippen molar-refractivity contribution in [3.05, 3.63) is 46.2 Å². The molecule has 0 saturated carbocycles. The molecule has 1 aromatic heterocycles. The van der Waals surface area contributed by atoms with Crippen LogP contribution in [0.3, 0.4) is 0 Å². The van der Waals surface area contributed by atoms with Crippen LogP contribution in [0.15, 0.2) is 29.1 Å². The van der Waals surface area contributed by atoms with Crippen molar-refractivity contribution in [2.75, 3.05) is 7.05 Å². The van der Waals surface area contributed by atoms with Gasteiger partial charge in [-0.05, 0) is 30.2 Å². The maximum atomic E-state index is 13.4. The van der Waals surface area contributed by atoms with Crippen molar-refractivity contribution in [2.45, 2.75) is 13.1 Å². The highest BCUT2D eigenvalue weighted by Gasteiger charge is 2.14. The predicted octanol–water partition coefficient (Wildman–Crippen LogP) is 0.594. The molecule has 2 aromatic rings. The van der Waals surface area contributed by atoms with E-state index in [0.717, 1.165) is 11.8 Å². The number of nitrogens with zero attached hydrogens (tertiary/aromatic N) is 2. The summed E-state index contributed by atoms with van der Waals surface area (Å²) in [6, 6.07) is 4.10. The molecule has 0 fully saturated rings. The van der Waals surface area contributed by atoms with Gasteiger partial charge in [0.1, 0.15) is 5.82 Å². The minimum absolute atomic E-state index is 0.164. The van der Waals surface area contributed by atoms with E-state index in [1.807, 2.05) is 17.3 Å². The predicted molar refractivity (Wildman–Crippen MR) is 73.5 cm³/mol. The highest BCUT2D eigenvalue weighted by atomic mass is 32.1. The Morgan fingerprint density at radius 3 is 2.74 bits per heavy atom. The summed E-state index contributed by atoms with van der Waals surface area (Å²) < 4.78 is 13.4. The molecule has 0 bridgehead atoms. The van der Waals surface area contributed by atoms with Crippen molar-refractivity contribution in [3.8, 4) is 0 Å². The lowest BCUT2D eigenvalue weighted by Gasteiger charge is -2.16. The van der Waals surface area contributed by atoms with Gasteiger partial charge in [0, 0.05) is 18.5 Å². The first-order valence-corrected chi connectivity index (χ1v) is 6.70. The highest BCUT2D eigenvalue weighted by molar-refractivity contribution is 7.07. The van der Waals surface area contributed by atoms with Crippen molar-refractivity contribution in [1.29, 1.82) is 0 Å². The van der Waals surface area contributed by atoms with Crippen molar-refractivity contribution >= 4 is 23.9 Å². The number of aromatic nitrogens is 1. The molecule has 0 atom stereocenters. The molecule has 4 nitrogen and oxygen atoms in total. The first-order valence-electron chi connectivity index (χ1n) is 5.75. The molecular weight excluding hydrogens is 266 g/mol. The van der Waals surface area contributed by atoms with Gasteiger partial charge in [-0.15, -0.1) is 11.3 Å². The maximum Gasteiger partial charge on any atom is 0.488 e. The monoisotopic (exact) mass is 280 g/mol. The summed E-state index contributed by atoms with van der Waals surface area (Å²) in [5.41, 5.74) is 3.59. The van der Waals surface area contributed by atoms with E-state index in [4.69, 9.17) is 10.0 Å². The van der Waals surface area contributed by atoms with Gasteiger partial charge < -0.3 is 10.0 Å². The average Bonchev–Trinajstić information content (AvgIpc) is 2.80. The van der Waals surface area contributed by atoms with Gasteiger partial charge in [0.05, 0.1) is 11.2 Å². The summed E-state index contributed by atoms with van der Waals surface area (Å²) >= 11 is 1.53. The largest absolute Gasteiger partial charge is 0.488 e. The Hall–Kier alpha value is -1.28. The molecule has 2 rings (SSSR count). The Labute approximate surface area is 115 Å². The van der Waals surface area contributed by atoms with Crippen LogP contribution in [0.1, 0.15) is 11.3 Å². The highest BCUT2D eigenvalue weighted by Crippen LogP contribution is 2.09. The Kier molecular flexibility index (Phi) is 4.65. The van der Waals surface area contributed by atoms with Gasteiger partial charge in [-0.2, -0.15) is 0 Å². The molecule has 2 N–H and O–H groups in total. The molecule has 19 heavy (non-hydrogen) atoms. The summed E-state index contributed by atoms with van der Waals surface area (Å²) in [6.45, 7) is 1.17. The molecular formula is C12H14BFN2O2S. The molecule has 0 amide bonds. The summed E-state index contributed by atoms with van der Waals surface area (Å²) in [4.78, 5) is 6.17. The van der Waals surface area contributed by atoms with Crippen molar-refractivity contribution in [2.24, 2.45) is 0 Å². The molecule has 100 valence electrons. The first kappa shape index (κ1) is 14.1. The standard InChI is InChI=1S/C12H14BFN2O2S/c1-16(6-12-7-19-8-15-12)5-9-2-10(13(17)18)4-11(14)3-9/h2-4,7-8,17-18H,5-6H2,1H3. The molecule has 0 unspecified atom stereocenters. The lowest BCUT2D eigenvalue weighted by Crippen LogP contribution is -2.31. The fourth-order valence-corrected chi connectivity index (χ4v) is 2.43. The van der Waals surface area contributed by atoms with Gasteiger partial charge in [0.2, 0.25) is 0 Å². The van der Waals surface area contributed by atoms with Crippen LogP contribution in [0.2, 0.25) is 0 Å². The lowest BCUT2D eigenvalue weighted by molar-refractivity contribution is 0.315. The van der Waals surface area contributed by atoms with Gasteiger partial charge >= 0.3 is 7.12 Å². The van der Waals surface area contributed by atoms with E-state index in [1.165, 1.54) is 17.4 Å². The second kappa shape index (κ2) is 6.25. The van der Waals surface area contributed by atoms with E-state index in [1.54, 1.807) is 11.6 Å². The third-order valence-electron chi connectivity index (χ3n) is 2.65. The van der Waals surface area contributed by atoms with E-state index < -0.39 is 12.9 Å². The van der Waals surface area contributed by atoms with Crippen LogP contribution in [-0.4, -0.2) is 34.1 Å². The molecule has 7 heteroatoms. The maximum absolute atomic E-state index is 13.4. The van der Waals surface area contributed by atoms with Gasteiger partial charge in [-0.25, -0.2) is 9.37 Å². The molecule has 0 aliphatic carbocycles. The minimum atomic E-state index is -1.65. The number of halogens is 1. The summed E-state index contributed by atoms with van der Waals surface area (Å²) in [5, 5.41) is 20.1. The van der Waals surface area contributed by atoms with Gasteiger partial charge in [0.25, 0.3) is 0 Å². The van der Waals surface area contributed by atoms with Gasteiger partial charge in [-0.3, -0.25) is 4.90 Å². The number of hydrogen-bond donors (Lipinski definition) is 2. The average molecular weight is 280 g/mol. The quantitative estimate of drug-likeness (QED) is 0.787. The zero-order valence-corrected chi connectivity index (χ0v) is 11.3. The van der Waals surface area contributed by atoms with E-state index in [9.17, 15) is 4.39 Å². The second-order valence-corrected chi connectivity index (χ2v) is 5.14. The fraction of sp³-hybridized carbons (Fsp3) is 0.250. The topological polar surface area (TPSA) is 56.6 Å². The Morgan fingerprint density at radius 1 is 1.32 bits per heavy atom. The Balaban J connectivity index is 2.05. The van der Waals surface area contributed by atoms with Crippen LogP contribution in [0.25, 0.3) is 0 Å². The summed E-state index contributed by atoms with van der Waals surface area (Å²) in [6.07, 6.45) is 0. The number of benzene rings is 1. The van der Waals surface area contributed by atoms with Crippen LogP contribution in [-0.2, 0) is 13.1 Å². The molecule has 1 heterocycles.